The average molecular weight is 448 g/mol. The summed E-state index contributed by atoms with van der Waals surface area (Å²) in [7, 11) is 0. The summed E-state index contributed by atoms with van der Waals surface area (Å²) in [5, 5.41) is 11.6. The second-order valence-corrected chi connectivity index (χ2v) is 7.96. The molecule has 3 rings (SSSR count). The maximum absolute atomic E-state index is 12.6. The molecule has 31 heavy (non-hydrogen) atoms. The number of para-hydroxylation sites is 1. The standard InChI is InChI=1S/C20H20N2O8S/c1-11(23)7-15(25)30-8-12-10-31-19-16(18(26)22(19)17(12)20(27)28)21-14(24)9-29-13-5-3-2-4-6-13/h2-6,16,19H,7-10H2,1H3,(H,21,24)(H,27,28)/t16-,19-/m1/s1. The van der Waals surface area contributed by atoms with Crippen molar-refractivity contribution in [2.45, 2.75) is 24.8 Å². The van der Waals surface area contributed by atoms with E-state index in [1.165, 1.54) is 18.7 Å². The number of β-lactam (4-membered cyclic amide) rings is 1. The number of hydrogen-bond acceptors (Lipinski definition) is 8. The van der Waals surface area contributed by atoms with Gasteiger partial charge in [0.25, 0.3) is 11.8 Å². The Kier molecular flexibility index (Phi) is 6.95. The molecule has 0 aliphatic carbocycles. The molecule has 0 saturated carbocycles. The van der Waals surface area contributed by atoms with Crippen molar-refractivity contribution in [1.29, 1.82) is 0 Å². The van der Waals surface area contributed by atoms with Gasteiger partial charge in [-0.2, -0.15) is 0 Å². The molecule has 1 fully saturated rings. The number of Topliss-reactive ketones (excluding diaryl/α,β-unsaturated/α-hetero) is 1. The number of nitrogens with zero attached hydrogens (tertiary/aromatic N) is 1. The van der Waals surface area contributed by atoms with Crippen LogP contribution in [-0.4, -0.2) is 69.9 Å². The van der Waals surface area contributed by atoms with Crippen molar-refractivity contribution in [3.63, 3.8) is 0 Å². The minimum Gasteiger partial charge on any atom is -0.484 e. The number of fused-ring (bicyclic) bond motifs is 1. The topological polar surface area (TPSA) is 139 Å². The van der Waals surface area contributed by atoms with E-state index in [1.807, 2.05) is 0 Å². The lowest BCUT2D eigenvalue weighted by atomic mass is 10.0. The maximum Gasteiger partial charge on any atom is 0.352 e. The highest BCUT2D eigenvalue weighted by atomic mass is 32.2. The van der Waals surface area contributed by atoms with Crippen molar-refractivity contribution < 1.29 is 38.6 Å². The van der Waals surface area contributed by atoms with E-state index in [0.717, 1.165) is 4.90 Å². The predicted molar refractivity (Wildman–Crippen MR) is 108 cm³/mol. The summed E-state index contributed by atoms with van der Waals surface area (Å²) < 4.78 is 10.3. The Hall–Kier alpha value is -3.34. The van der Waals surface area contributed by atoms with E-state index in [0.29, 0.717) is 5.75 Å². The quantitative estimate of drug-likeness (QED) is 0.311. The number of carboxylic acid groups (broad SMARTS) is 1. The molecule has 1 aromatic carbocycles. The van der Waals surface area contributed by atoms with E-state index in [1.54, 1.807) is 30.3 Å². The lowest BCUT2D eigenvalue weighted by Crippen LogP contribution is -2.71. The molecule has 2 aliphatic rings. The largest absolute Gasteiger partial charge is 0.484 e. The van der Waals surface area contributed by atoms with Crippen LogP contribution in [0.1, 0.15) is 13.3 Å². The van der Waals surface area contributed by atoms with Gasteiger partial charge in [-0.25, -0.2) is 4.79 Å². The summed E-state index contributed by atoms with van der Waals surface area (Å²) in [5.41, 5.74) is -0.0217. The van der Waals surface area contributed by atoms with Crippen LogP contribution in [0.5, 0.6) is 5.75 Å². The predicted octanol–water partition coefficient (Wildman–Crippen LogP) is 0.326. The zero-order chi connectivity index (χ0) is 22.5. The molecule has 1 aromatic rings. The lowest BCUT2D eigenvalue weighted by Gasteiger charge is -2.49. The number of carboxylic acids is 1. The summed E-state index contributed by atoms with van der Waals surface area (Å²) >= 11 is 1.25. The fraction of sp³-hybridized carbons (Fsp3) is 0.350. The van der Waals surface area contributed by atoms with Crippen molar-refractivity contribution in [2.24, 2.45) is 0 Å². The molecule has 0 bridgehead atoms. The summed E-state index contributed by atoms with van der Waals surface area (Å²) in [6.07, 6.45) is -0.409. The first kappa shape index (κ1) is 22.3. The molecule has 11 heteroatoms. The lowest BCUT2D eigenvalue weighted by molar-refractivity contribution is -0.151. The molecule has 1 saturated heterocycles. The van der Waals surface area contributed by atoms with Gasteiger partial charge in [-0.3, -0.25) is 24.1 Å². The minimum absolute atomic E-state index is 0.191. The Morgan fingerprint density at radius 2 is 1.94 bits per heavy atom. The number of thioether (sulfide) groups is 1. The Balaban J connectivity index is 1.60. The van der Waals surface area contributed by atoms with Gasteiger partial charge in [0.2, 0.25) is 0 Å². The molecule has 2 amide bonds. The number of carbonyl (C=O) groups excluding carboxylic acids is 4. The monoisotopic (exact) mass is 448 g/mol. The van der Waals surface area contributed by atoms with Crippen LogP contribution in [0, 0.1) is 0 Å². The fourth-order valence-corrected chi connectivity index (χ4v) is 4.42. The van der Waals surface area contributed by atoms with Gasteiger partial charge in [-0.15, -0.1) is 11.8 Å². The highest BCUT2D eigenvalue weighted by Gasteiger charge is 2.54. The first-order valence-electron chi connectivity index (χ1n) is 9.30. The zero-order valence-electron chi connectivity index (χ0n) is 16.5. The van der Waals surface area contributed by atoms with Gasteiger partial charge in [0, 0.05) is 11.3 Å². The van der Waals surface area contributed by atoms with Crippen LogP contribution in [0.15, 0.2) is 41.6 Å². The van der Waals surface area contributed by atoms with Gasteiger partial charge in [-0.1, -0.05) is 18.2 Å². The SMILES string of the molecule is CC(=O)CC(=O)OCC1=C(C(=O)O)N2C(=O)[C@@H](NC(=O)COc3ccccc3)[C@H]2SC1. The Morgan fingerprint density at radius 3 is 2.58 bits per heavy atom. The molecule has 0 unspecified atom stereocenters. The third-order valence-electron chi connectivity index (χ3n) is 4.48. The first-order chi connectivity index (χ1) is 14.8. The maximum atomic E-state index is 12.6. The Morgan fingerprint density at radius 1 is 1.23 bits per heavy atom. The number of ketones is 1. The van der Waals surface area contributed by atoms with Gasteiger partial charge in [-0.05, 0) is 19.1 Å². The van der Waals surface area contributed by atoms with E-state index in [4.69, 9.17) is 9.47 Å². The Labute approximate surface area is 181 Å². The first-order valence-corrected chi connectivity index (χ1v) is 10.3. The number of ether oxygens (including phenoxy) is 2. The molecule has 0 radical (unpaired) electrons. The number of hydrogen-bond donors (Lipinski definition) is 2. The van der Waals surface area contributed by atoms with E-state index in [9.17, 15) is 29.1 Å². The van der Waals surface area contributed by atoms with E-state index in [2.05, 4.69) is 5.32 Å². The normalized spacial score (nSPS) is 19.8. The molecular weight excluding hydrogens is 428 g/mol. The summed E-state index contributed by atoms with van der Waals surface area (Å²) in [6, 6.07) is 7.82. The highest BCUT2D eigenvalue weighted by Crippen LogP contribution is 2.40. The van der Waals surface area contributed by atoms with E-state index >= 15 is 0 Å². The number of rotatable bonds is 9. The molecule has 0 spiro atoms. The van der Waals surface area contributed by atoms with Crippen LogP contribution in [0.4, 0.5) is 0 Å². The van der Waals surface area contributed by atoms with Crippen molar-refractivity contribution >= 4 is 41.3 Å². The van der Waals surface area contributed by atoms with Crippen LogP contribution in [-0.2, 0) is 28.7 Å². The van der Waals surface area contributed by atoms with Gasteiger partial charge < -0.3 is 19.9 Å². The molecular formula is C20H20N2O8S. The Bertz CT molecular complexity index is 946. The minimum atomic E-state index is -1.34. The van der Waals surface area contributed by atoms with E-state index < -0.39 is 41.6 Å². The summed E-state index contributed by atoms with van der Waals surface area (Å²) in [4.78, 5) is 60.1. The summed E-state index contributed by atoms with van der Waals surface area (Å²) in [5.74, 6) is -2.86. The third kappa shape index (κ3) is 5.23. The number of benzene rings is 1. The van der Waals surface area contributed by atoms with Crippen molar-refractivity contribution in [1.82, 2.24) is 10.2 Å². The number of amides is 2. The van der Waals surface area contributed by atoms with Crippen LogP contribution in [0.3, 0.4) is 0 Å². The molecule has 2 atom stereocenters. The van der Waals surface area contributed by atoms with Gasteiger partial charge in [0.1, 0.15) is 41.7 Å². The van der Waals surface area contributed by atoms with E-state index in [-0.39, 0.29) is 36.0 Å². The number of aliphatic carboxylic acids is 1. The van der Waals surface area contributed by atoms with Gasteiger partial charge in [0.15, 0.2) is 6.61 Å². The number of esters is 1. The van der Waals surface area contributed by atoms with Crippen LogP contribution in [0.25, 0.3) is 0 Å². The fourth-order valence-electron chi connectivity index (χ4n) is 3.10. The second-order valence-electron chi connectivity index (χ2n) is 6.85. The molecule has 0 aromatic heterocycles. The van der Waals surface area contributed by atoms with Crippen molar-refractivity contribution in [3.8, 4) is 5.75 Å². The third-order valence-corrected chi connectivity index (χ3v) is 5.82. The second kappa shape index (κ2) is 9.65. The van der Waals surface area contributed by atoms with Crippen LogP contribution in [0.2, 0.25) is 0 Å². The van der Waals surface area contributed by atoms with Crippen molar-refractivity contribution in [3.05, 3.63) is 41.6 Å². The molecule has 10 nitrogen and oxygen atoms in total. The summed E-state index contributed by atoms with van der Waals surface area (Å²) in [6.45, 7) is 0.617. The molecule has 2 heterocycles. The number of carbonyl (C=O) groups is 5. The van der Waals surface area contributed by atoms with Gasteiger partial charge in [0.05, 0.1) is 0 Å². The molecule has 2 N–H and O–H groups in total. The smallest absolute Gasteiger partial charge is 0.352 e. The molecule has 2 aliphatic heterocycles. The number of nitrogens with one attached hydrogen (secondary N) is 1. The van der Waals surface area contributed by atoms with Crippen molar-refractivity contribution in [2.75, 3.05) is 19.0 Å². The highest BCUT2D eigenvalue weighted by molar-refractivity contribution is 8.00. The molecule has 164 valence electrons. The van der Waals surface area contributed by atoms with Crippen LogP contribution < -0.4 is 10.1 Å². The zero-order valence-corrected chi connectivity index (χ0v) is 17.3. The van der Waals surface area contributed by atoms with Crippen LogP contribution >= 0.6 is 11.8 Å². The van der Waals surface area contributed by atoms with Gasteiger partial charge >= 0.3 is 11.9 Å². The average Bonchev–Trinajstić information content (AvgIpc) is 2.73.